The first-order valence-corrected chi connectivity index (χ1v) is 8.65. The van der Waals surface area contributed by atoms with Gasteiger partial charge in [0.2, 0.25) is 0 Å². The van der Waals surface area contributed by atoms with Crippen LogP contribution < -0.4 is 5.32 Å². The normalized spacial score (nSPS) is 13.9. The second kappa shape index (κ2) is 6.82. The average Bonchev–Trinajstić information content (AvgIpc) is 2.96. The molecule has 26 heavy (non-hydrogen) atoms. The van der Waals surface area contributed by atoms with Crippen LogP contribution in [0.4, 0.5) is 10.6 Å². The third kappa shape index (κ3) is 4.04. The number of amides is 2. The van der Waals surface area contributed by atoms with Gasteiger partial charge in [-0.15, -0.1) is 0 Å². The lowest BCUT2D eigenvalue weighted by Gasteiger charge is -2.29. The number of fused-ring (bicyclic) bond motifs is 1. The summed E-state index contributed by atoms with van der Waals surface area (Å²) in [4.78, 5) is 26.2. The zero-order chi connectivity index (χ0) is 18.9. The molecule has 0 aliphatic carbocycles. The number of hydrogen-bond donors (Lipinski definition) is 2. The van der Waals surface area contributed by atoms with Crippen LogP contribution in [0.15, 0.2) is 24.3 Å². The van der Waals surface area contributed by atoms with E-state index in [1.807, 2.05) is 39.8 Å². The molecular formula is C19H24N4O3. The smallest absolute Gasteiger partial charge is 0.410 e. The number of benzene rings is 1. The van der Waals surface area contributed by atoms with Crippen molar-refractivity contribution < 1.29 is 14.3 Å². The summed E-state index contributed by atoms with van der Waals surface area (Å²) in [7, 11) is 0. The van der Waals surface area contributed by atoms with E-state index >= 15 is 0 Å². The Labute approximate surface area is 152 Å². The molecule has 1 aliphatic rings. The minimum atomic E-state index is -0.529. The fourth-order valence-electron chi connectivity index (χ4n) is 2.79. The van der Waals surface area contributed by atoms with E-state index in [4.69, 9.17) is 4.74 Å². The monoisotopic (exact) mass is 356 g/mol. The minimum Gasteiger partial charge on any atom is -0.444 e. The number of anilines is 1. The molecular weight excluding hydrogens is 332 g/mol. The fraction of sp³-hybridized carbons (Fsp3) is 0.421. The number of rotatable bonds is 2. The van der Waals surface area contributed by atoms with Gasteiger partial charge in [-0.25, -0.2) is 4.79 Å². The van der Waals surface area contributed by atoms with Crippen LogP contribution >= 0.6 is 0 Å². The zero-order valence-corrected chi connectivity index (χ0v) is 15.5. The van der Waals surface area contributed by atoms with Crippen LogP contribution in [0.2, 0.25) is 0 Å². The number of carbonyl (C=O) groups excluding carboxylic acids is 2. The molecule has 2 heterocycles. The summed E-state index contributed by atoms with van der Waals surface area (Å²) in [5.41, 5.74) is 2.91. The molecule has 2 N–H and O–H groups in total. The molecule has 0 unspecified atom stereocenters. The van der Waals surface area contributed by atoms with Crippen molar-refractivity contribution in [2.45, 2.75) is 46.3 Å². The minimum absolute atomic E-state index is 0.200. The van der Waals surface area contributed by atoms with E-state index in [1.165, 1.54) is 0 Å². The van der Waals surface area contributed by atoms with Crippen LogP contribution in [0.1, 0.15) is 48.0 Å². The molecule has 1 aliphatic heterocycles. The van der Waals surface area contributed by atoms with E-state index in [1.54, 1.807) is 17.0 Å². The third-order valence-corrected chi connectivity index (χ3v) is 4.13. The van der Waals surface area contributed by atoms with Gasteiger partial charge in [0, 0.05) is 17.7 Å². The van der Waals surface area contributed by atoms with Crippen LogP contribution in [0.3, 0.4) is 0 Å². The summed E-state index contributed by atoms with van der Waals surface area (Å²) >= 11 is 0. The van der Waals surface area contributed by atoms with Gasteiger partial charge in [-0.05, 0) is 46.2 Å². The van der Waals surface area contributed by atoms with Crippen LogP contribution in [0, 0.1) is 6.92 Å². The lowest BCUT2D eigenvalue weighted by Crippen LogP contribution is -2.39. The molecule has 7 heteroatoms. The van der Waals surface area contributed by atoms with Gasteiger partial charge in [-0.1, -0.05) is 17.7 Å². The van der Waals surface area contributed by atoms with Gasteiger partial charge in [-0.2, -0.15) is 5.10 Å². The van der Waals surface area contributed by atoms with Gasteiger partial charge < -0.3 is 15.0 Å². The van der Waals surface area contributed by atoms with E-state index in [-0.39, 0.29) is 12.0 Å². The Hall–Kier alpha value is -2.83. The first-order valence-electron chi connectivity index (χ1n) is 8.65. The number of nitrogens with zero attached hydrogens (tertiary/aromatic N) is 2. The summed E-state index contributed by atoms with van der Waals surface area (Å²) in [6.45, 7) is 8.41. The van der Waals surface area contributed by atoms with Gasteiger partial charge in [0.15, 0.2) is 5.82 Å². The molecule has 0 saturated carbocycles. The van der Waals surface area contributed by atoms with E-state index in [0.29, 0.717) is 30.9 Å². The Morgan fingerprint density at radius 2 is 1.92 bits per heavy atom. The molecule has 0 bridgehead atoms. The maximum Gasteiger partial charge on any atom is 0.410 e. The Bertz CT molecular complexity index is 818. The predicted molar refractivity (Wildman–Crippen MR) is 98.1 cm³/mol. The highest BCUT2D eigenvalue weighted by Gasteiger charge is 2.28. The molecule has 3 rings (SSSR count). The number of hydrogen-bond acceptors (Lipinski definition) is 4. The highest BCUT2D eigenvalue weighted by Crippen LogP contribution is 2.25. The second-order valence-electron chi connectivity index (χ2n) is 7.50. The Morgan fingerprint density at radius 3 is 2.58 bits per heavy atom. The van der Waals surface area contributed by atoms with Crippen LogP contribution in [-0.2, 0) is 17.7 Å². The average molecular weight is 356 g/mol. The Balaban J connectivity index is 1.68. The van der Waals surface area contributed by atoms with Crippen molar-refractivity contribution in [3.05, 3.63) is 46.6 Å². The molecule has 7 nitrogen and oxygen atoms in total. The van der Waals surface area contributed by atoms with Crippen molar-refractivity contribution in [3.63, 3.8) is 0 Å². The van der Waals surface area contributed by atoms with Gasteiger partial charge in [0.1, 0.15) is 5.60 Å². The van der Waals surface area contributed by atoms with Crippen molar-refractivity contribution in [3.8, 4) is 0 Å². The summed E-state index contributed by atoms with van der Waals surface area (Å²) < 4.78 is 5.41. The molecule has 0 spiro atoms. The van der Waals surface area contributed by atoms with Crippen LogP contribution in [0.5, 0.6) is 0 Å². The number of H-pyrrole nitrogens is 1. The van der Waals surface area contributed by atoms with Crippen molar-refractivity contribution in [2.24, 2.45) is 0 Å². The highest BCUT2D eigenvalue weighted by atomic mass is 16.6. The number of aromatic amines is 1. The first-order chi connectivity index (χ1) is 12.2. The van der Waals surface area contributed by atoms with Crippen molar-refractivity contribution >= 4 is 17.8 Å². The van der Waals surface area contributed by atoms with Crippen molar-refractivity contribution in [2.75, 3.05) is 11.9 Å². The van der Waals surface area contributed by atoms with E-state index in [0.717, 1.165) is 16.8 Å². The molecule has 2 aromatic rings. The van der Waals surface area contributed by atoms with Gasteiger partial charge in [0.05, 0.1) is 12.2 Å². The standard InChI is InChI=1S/C19H24N4O3/c1-12-5-7-13(8-6-12)17(24)20-16-14-9-10-23(11-15(14)21-22-16)18(25)26-19(2,3)4/h5-8H,9-11H2,1-4H3,(H2,20,21,22,24). The lowest BCUT2D eigenvalue weighted by molar-refractivity contribution is 0.0221. The zero-order valence-electron chi connectivity index (χ0n) is 15.5. The summed E-state index contributed by atoms with van der Waals surface area (Å²) in [5, 5.41) is 9.99. The van der Waals surface area contributed by atoms with E-state index < -0.39 is 5.60 Å². The topological polar surface area (TPSA) is 87.3 Å². The maximum atomic E-state index is 12.4. The number of aryl methyl sites for hydroxylation is 1. The predicted octanol–water partition coefficient (Wildman–Crippen LogP) is 3.26. The molecule has 138 valence electrons. The summed E-state index contributed by atoms with van der Waals surface area (Å²) in [6, 6.07) is 7.36. The molecule has 0 atom stereocenters. The highest BCUT2D eigenvalue weighted by molar-refractivity contribution is 6.04. The SMILES string of the molecule is Cc1ccc(C(=O)Nc2n[nH]c3c2CCN(C(=O)OC(C)(C)C)C3)cc1. The molecule has 1 aromatic heterocycles. The fourth-order valence-corrected chi connectivity index (χ4v) is 2.79. The van der Waals surface area contributed by atoms with E-state index in [2.05, 4.69) is 15.5 Å². The number of ether oxygens (including phenoxy) is 1. The number of nitrogens with one attached hydrogen (secondary N) is 2. The lowest BCUT2D eigenvalue weighted by atomic mass is 10.1. The number of aromatic nitrogens is 2. The van der Waals surface area contributed by atoms with Crippen molar-refractivity contribution in [1.29, 1.82) is 0 Å². The molecule has 0 radical (unpaired) electrons. The van der Waals surface area contributed by atoms with Gasteiger partial charge >= 0.3 is 6.09 Å². The Kier molecular flexibility index (Phi) is 4.71. The quantitative estimate of drug-likeness (QED) is 0.864. The molecule has 2 amide bonds. The molecule has 0 saturated heterocycles. The van der Waals surface area contributed by atoms with Crippen LogP contribution in [0.25, 0.3) is 0 Å². The first kappa shape index (κ1) is 18.0. The third-order valence-electron chi connectivity index (χ3n) is 4.13. The summed E-state index contributed by atoms with van der Waals surface area (Å²) in [6.07, 6.45) is 0.261. The summed E-state index contributed by atoms with van der Waals surface area (Å²) in [5.74, 6) is 0.322. The van der Waals surface area contributed by atoms with Gasteiger partial charge in [-0.3, -0.25) is 9.89 Å². The van der Waals surface area contributed by atoms with Crippen LogP contribution in [-0.4, -0.2) is 39.2 Å². The largest absolute Gasteiger partial charge is 0.444 e. The molecule has 0 fully saturated rings. The van der Waals surface area contributed by atoms with Crippen molar-refractivity contribution in [1.82, 2.24) is 15.1 Å². The molecule has 1 aromatic carbocycles. The van der Waals surface area contributed by atoms with Gasteiger partial charge in [0.25, 0.3) is 5.91 Å². The number of carbonyl (C=O) groups is 2. The maximum absolute atomic E-state index is 12.4. The van der Waals surface area contributed by atoms with E-state index in [9.17, 15) is 9.59 Å². The Morgan fingerprint density at radius 1 is 1.23 bits per heavy atom. The second-order valence-corrected chi connectivity index (χ2v) is 7.50.